The Bertz CT molecular complexity index is 518. The number of aryl methyl sites for hydroxylation is 2. The smallest absolute Gasteiger partial charge is 0.166 e. The Morgan fingerprint density at radius 1 is 1.44 bits per heavy atom. The summed E-state index contributed by atoms with van der Waals surface area (Å²) in [6.07, 6.45) is 3.63. The lowest BCUT2D eigenvalue weighted by molar-refractivity contribution is 0.502. The first kappa shape index (κ1) is 12.6. The molecule has 2 rings (SSSR count). The number of thiocarbonyl (C=S) groups is 1. The van der Waals surface area contributed by atoms with E-state index in [1.54, 1.807) is 10.9 Å². The molecule has 2 aromatic heterocycles. The molecule has 0 fully saturated rings. The summed E-state index contributed by atoms with van der Waals surface area (Å²) in [7, 11) is 1.91. The summed E-state index contributed by atoms with van der Waals surface area (Å²) in [5.41, 5.74) is 2.15. The first-order valence-corrected chi connectivity index (χ1v) is 6.09. The number of nitrogens with zero attached hydrogens (tertiary/aromatic N) is 2. The van der Waals surface area contributed by atoms with Crippen molar-refractivity contribution in [2.24, 2.45) is 7.05 Å². The van der Waals surface area contributed by atoms with E-state index < -0.39 is 0 Å². The highest BCUT2D eigenvalue weighted by Gasteiger charge is 2.04. The molecule has 18 heavy (non-hydrogen) atoms. The summed E-state index contributed by atoms with van der Waals surface area (Å²) in [5, 5.41) is 11.1. The molecule has 0 aliphatic rings. The Morgan fingerprint density at radius 2 is 2.22 bits per heavy atom. The molecule has 0 aliphatic heterocycles. The van der Waals surface area contributed by atoms with Gasteiger partial charge < -0.3 is 15.1 Å². The number of aromatic nitrogens is 2. The van der Waals surface area contributed by atoms with Gasteiger partial charge in [-0.05, 0) is 31.3 Å². The zero-order valence-electron chi connectivity index (χ0n) is 10.4. The van der Waals surface area contributed by atoms with Crippen molar-refractivity contribution in [3.8, 4) is 0 Å². The molecule has 2 aromatic rings. The molecule has 0 bridgehead atoms. The molecule has 0 saturated carbocycles. The van der Waals surface area contributed by atoms with Crippen molar-refractivity contribution in [2.75, 3.05) is 0 Å². The maximum absolute atomic E-state index is 5.21. The second kappa shape index (κ2) is 5.68. The van der Waals surface area contributed by atoms with Gasteiger partial charge in [-0.15, -0.1) is 0 Å². The Balaban J connectivity index is 1.76. The van der Waals surface area contributed by atoms with Crippen LogP contribution >= 0.6 is 12.2 Å². The van der Waals surface area contributed by atoms with Crippen LogP contribution in [0.25, 0.3) is 0 Å². The lowest BCUT2D eigenvalue weighted by atomic mass is 10.3. The van der Waals surface area contributed by atoms with Crippen molar-refractivity contribution >= 4 is 17.3 Å². The quantitative estimate of drug-likeness (QED) is 0.819. The highest BCUT2D eigenvalue weighted by molar-refractivity contribution is 7.80. The number of hydrogen-bond acceptors (Lipinski definition) is 3. The second-order valence-electron chi connectivity index (χ2n) is 4.03. The van der Waals surface area contributed by atoms with Crippen LogP contribution in [-0.2, 0) is 20.1 Å². The van der Waals surface area contributed by atoms with E-state index in [-0.39, 0.29) is 0 Å². The largest absolute Gasteiger partial charge is 0.467 e. The fourth-order valence-corrected chi connectivity index (χ4v) is 1.79. The van der Waals surface area contributed by atoms with Crippen molar-refractivity contribution in [1.29, 1.82) is 0 Å². The third kappa shape index (κ3) is 3.33. The molecule has 6 heteroatoms. The van der Waals surface area contributed by atoms with Crippen molar-refractivity contribution in [1.82, 2.24) is 20.4 Å². The lowest BCUT2D eigenvalue weighted by Gasteiger charge is -2.08. The highest BCUT2D eigenvalue weighted by Crippen LogP contribution is 2.03. The van der Waals surface area contributed by atoms with E-state index in [9.17, 15) is 0 Å². The van der Waals surface area contributed by atoms with Crippen LogP contribution < -0.4 is 10.6 Å². The maximum atomic E-state index is 5.21. The molecule has 2 heterocycles. The molecule has 0 unspecified atom stereocenters. The van der Waals surface area contributed by atoms with Gasteiger partial charge in [-0.25, -0.2) is 0 Å². The van der Waals surface area contributed by atoms with E-state index in [0.29, 0.717) is 18.2 Å². The van der Waals surface area contributed by atoms with Gasteiger partial charge in [-0.3, -0.25) is 4.68 Å². The van der Waals surface area contributed by atoms with Crippen molar-refractivity contribution in [3.05, 3.63) is 41.6 Å². The molecule has 0 radical (unpaired) electrons. The van der Waals surface area contributed by atoms with Gasteiger partial charge in [0.1, 0.15) is 5.76 Å². The van der Waals surface area contributed by atoms with E-state index in [2.05, 4.69) is 15.7 Å². The van der Waals surface area contributed by atoms with Crippen LogP contribution in [0.5, 0.6) is 0 Å². The van der Waals surface area contributed by atoms with E-state index in [0.717, 1.165) is 17.0 Å². The minimum absolute atomic E-state index is 0.588. The summed E-state index contributed by atoms with van der Waals surface area (Å²) in [6, 6.07) is 3.76. The first-order chi connectivity index (χ1) is 8.65. The first-order valence-electron chi connectivity index (χ1n) is 5.68. The molecular weight excluding hydrogens is 248 g/mol. The molecule has 0 saturated heterocycles. The van der Waals surface area contributed by atoms with Gasteiger partial charge in [0.05, 0.1) is 18.5 Å². The zero-order valence-corrected chi connectivity index (χ0v) is 11.3. The van der Waals surface area contributed by atoms with Gasteiger partial charge in [0, 0.05) is 25.4 Å². The van der Waals surface area contributed by atoms with Crippen molar-refractivity contribution < 1.29 is 4.42 Å². The molecule has 0 spiro atoms. The summed E-state index contributed by atoms with van der Waals surface area (Å²) in [6.45, 7) is 3.24. The third-order valence-electron chi connectivity index (χ3n) is 2.56. The van der Waals surface area contributed by atoms with Gasteiger partial charge >= 0.3 is 0 Å². The van der Waals surface area contributed by atoms with Crippen LogP contribution in [0.3, 0.4) is 0 Å². The molecular formula is C12H16N4OS. The van der Waals surface area contributed by atoms with E-state index in [1.807, 2.05) is 32.3 Å². The van der Waals surface area contributed by atoms with Crippen LogP contribution in [-0.4, -0.2) is 14.9 Å². The van der Waals surface area contributed by atoms with Crippen LogP contribution in [0.2, 0.25) is 0 Å². The summed E-state index contributed by atoms with van der Waals surface area (Å²) >= 11 is 5.19. The zero-order chi connectivity index (χ0) is 13.0. The monoisotopic (exact) mass is 264 g/mol. The maximum Gasteiger partial charge on any atom is 0.166 e. The number of hydrogen-bond donors (Lipinski definition) is 2. The highest BCUT2D eigenvalue weighted by atomic mass is 32.1. The van der Waals surface area contributed by atoms with Crippen molar-refractivity contribution in [2.45, 2.75) is 20.0 Å². The fraction of sp³-hybridized carbons (Fsp3) is 0.333. The topological polar surface area (TPSA) is 55.0 Å². The van der Waals surface area contributed by atoms with Gasteiger partial charge in [-0.1, -0.05) is 0 Å². The molecule has 0 amide bonds. The Morgan fingerprint density at radius 3 is 2.83 bits per heavy atom. The SMILES string of the molecule is Cc1nn(C)cc1CNC(=S)NCc1ccco1. The summed E-state index contributed by atoms with van der Waals surface area (Å²) in [5.74, 6) is 0.858. The van der Waals surface area contributed by atoms with E-state index >= 15 is 0 Å². The standard InChI is InChI=1S/C12H16N4OS/c1-9-10(8-16(2)15-9)6-13-12(18)14-7-11-4-3-5-17-11/h3-5,8H,6-7H2,1-2H3,(H2,13,14,18). The second-order valence-corrected chi connectivity index (χ2v) is 4.44. The Kier molecular flexibility index (Phi) is 3.99. The minimum atomic E-state index is 0.588. The minimum Gasteiger partial charge on any atom is -0.467 e. The average Bonchev–Trinajstić information content (AvgIpc) is 2.94. The van der Waals surface area contributed by atoms with E-state index in [4.69, 9.17) is 16.6 Å². The third-order valence-corrected chi connectivity index (χ3v) is 2.85. The number of rotatable bonds is 4. The molecule has 96 valence electrons. The van der Waals surface area contributed by atoms with Gasteiger partial charge in [-0.2, -0.15) is 5.10 Å². The molecule has 0 atom stereocenters. The van der Waals surface area contributed by atoms with Crippen LogP contribution in [0, 0.1) is 6.92 Å². The fourth-order valence-electron chi connectivity index (χ4n) is 1.64. The van der Waals surface area contributed by atoms with Crippen molar-refractivity contribution in [3.63, 3.8) is 0 Å². The predicted octanol–water partition coefficient (Wildman–Crippen LogP) is 1.49. The summed E-state index contributed by atoms with van der Waals surface area (Å²) in [4.78, 5) is 0. The molecule has 0 aromatic carbocycles. The van der Waals surface area contributed by atoms with Gasteiger partial charge in [0.25, 0.3) is 0 Å². The molecule has 5 nitrogen and oxygen atoms in total. The van der Waals surface area contributed by atoms with E-state index in [1.165, 1.54) is 0 Å². The summed E-state index contributed by atoms with van der Waals surface area (Å²) < 4.78 is 7.00. The van der Waals surface area contributed by atoms with Crippen LogP contribution in [0.4, 0.5) is 0 Å². The number of nitrogens with one attached hydrogen (secondary N) is 2. The number of furan rings is 1. The lowest BCUT2D eigenvalue weighted by Crippen LogP contribution is -2.34. The van der Waals surface area contributed by atoms with Crippen LogP contribution in [0.1, 0.15) is 17.0 Å². The van der Waals surface area contributed by atoms with Gasteiger partial charge in [0.2, 0.25) is 0 Å². The Labute approximate surface area is 111 Å². The van der Waals surface area contributed by atoms with Crippen LogP contribution in [0.15, 0.2) is 29.0 Å². The Hall–Kier alpha value is -1.82. The van der Waals surface area contributed by atoms with Gasteiger partial charge in [0.15, 0.2) is 5.11 Å². The molecule has 2 N–H and O–H groups in total. The normalized spacial score (nSPS) is 10.3. The molecule has 0 aliphatic carbocycles. The predicted molar refractivity (Wildman–Crippen MR) is 72.9 cm³/mol. The average molecular weight is 264 g/mol.